The van der Waals surface area contributed by atoms with Gasteiger partial charge in [0.15, 0.2) is 5.12 Å². The van der Waals surface area contributed by atoms with Gasteiger partial charge in [0.1, 0.15) is 0 Å². The lowest BCUT2D eigenvalue weighted by molar-refractivity contribution is -0.150. The van der Waals surface area contributed by atoms with Crippen LogP contribution in [0.25, 0.3) is 0 Å². The lowest BCUT2D eigenvalue weighted by Gasteiger charge is -2.37. The molecule has 0 spiro atoms. The Morgan fingerprint density at radius 1 is 1.24 bits per heavy atom. The smallest absolute Gasteiger partial charge is 0.407 e. The van der Waals surface area contributed by atoms with Gasteiger partial charge in [0.05, 0.1) is 5.41 Å². The van der Waals surface area contributed by atoms with Gasteiger partial charge in [-0.3, -0.25) is 9.59 Å². The first-order valence-electron chi connectivity index (χ1n) is 5.22. The summed E-state index contributed by atoms with van der Waals surface area (Å²) in [7, 11) is 0. The summed E-state index contributed by atoms with van der Waals surface area (Å²) in [6.45, 7) is 1.81. The predicted octanol–water partition coefficient (Wildman–Crippen LogP) is 1.11. The van der Waals surface area contributed by atoms with Crippen LogP contribution in [0.3, 0.4) is 0 Å². The summed E-state index contributed by atoms with van der Waals surface area (Å²) in [5.41, 5.74) is -0.970. The molecule has 0 atom stereocenters. The molecule has 17 heavy (non-hydrogen) atoms. The largest absolute Gasteiger partial charge is 0.481 e. The predicted molar refractivity (Wildman–Crippen MR) is 62.0 cm³/mol. The fourth-order valence-electron chi connectivity index (χ4n) is 1.79. The average molecular weight is 261 g/mol. The molecule has 0 saturated carbocycles. The quantitative estimate of drug-likeness (QED) is 0.790. The maximum absolute atomic E-state index is 11.3. The summed E-state index contributed by atoms with van der Waals surface area (Å²) in [5, 5.41) is 17.9. The number of hydrogen-bond donors (Lipinski definition) is 2. The molecular weight excluding hydrogens is 246 g/mol. The number of rotatable bonds is 3. The van der Waals surface area contributed by atoms with Crippen LogP contribution in [0.2, 0.25) is 0 Å². The number of piperidine rings is 1. The van der Waals surface area contributed by atoms with Gasteiger partial charge in [-0.2, -0.15) is 0 Å². The van der Waals surface area contributed by atoms with Crippen molar-refractivity contribution in [3.63, 3.8) is 0 Å². The number of likely N-dealkylation sites (tertiary alicyclic amines) is 1. The minimum atomic E-state index is -1.02. The Bertz CT molecular complexity index is 336. The number of hydrogen-bond acceptors (Lipinski definition) is 4. The summed E-state index contributed by atoms with van der Waals surface area (Å²) in [4.78, 5) is 34.1. The molecule has 96 valence electrons. The third-order valence-corrected chi connectivity index (χ3v) is 4.10. The van der Waals surface area contributed by atoms with Gasteiger partial charge in [-0.15, -0.1) is 0 Å². The van der Waals surface area contributed by atoms with Crippen LogP contribution in [0.4, 0.5) is 4.79 Å². The van der Waals surface area contributed by atoms with Crippen LogP contribution in [0.1, 0.15) is 19.8 Å². The zero-order valence-electron chi connectivity index (χ0n) is 9.51. The number of carboxylic acid groups (broad SMARTS) is 2. The molecule has 0 aromatic rings. The summed E-state index contributed by atoms with van der Waals surface area (Å²) < 4.78 is 0. The Morgan fingerprint density at radius 3 is 2.12 bits per heavy atom. The fraction of sp³-hybridized carbons (Fsp3) is 0.700. The monoisotopic (exact) mass is 261 g/mol. The lowest BCUT2D eigenvalue weighted by atomic mass is 9.80. The van der Waals surface area contributed by atoms with E-state index >= 15 is 0 Å². The normalized spacial score (nSPS) is 18.8. The first-order chi connectivity index (χ1) is 7.87. The highest BCUT2D eigenvalue weighted by atomic mass is 32.2. The van der Waals surface area contributed by atoms with Gasteiger partial charge in [-0.1, -0.05) is 11.8 Å². The molecule has 0 unspecified atom stereocenters. The van der Waals surface area contributed by atoms with E-state index in [1.165, 1.54) is 11.8 Å². The molecule has 2 N–H and O–H groups in total. The van der Waals surface area contributed by atoms with Crippen molar-refractivity contribution in [2.45, 2.75) is 19.8 Å². The molecule has 1 saturated heterocycles. The SMILES string of the molecule is CC(=O)SCC1(C(=O)O)CCN(C(=O)O)CC1. The number of carbonyl (C=O) groups is 3. The third kappa shape index (κ3) is 3.36. The number of carbonyl (C=O) groups excluding carboxylic acids is 1. The molecule has 7 heteroatoms. The standard InChI is InChI=1S/C10H15NO5S/c1-7(12)17-6-10(8(13)14)2-4-11(5-3-10)9(15)16/h2-6H2,1H3,(H,13,14)(H,15,16). The molecule has 1 aliphatic heterocycles. The molecule has 1 heterocycles. The molecule has 1 fully saturated rings. The second-order valence-corrected chi connectivity index (χ2v) is 5.29. The Kier molecular flexibility index (Phi) is 4.39. The summed E-state index contributed by atoms with van der Waals surface area (Å²) in [5.74, 6) is -0.734. The molecule has 0 radical (unpaired) electrons. The van der Waals surface area contributed by atoms with E-state index in [-0.39, 0.29) is 36.8 Å². The van der Waals surface area contributed by atoms with E-state index in [2.05, 4.69) is 0 Å². The maximum Gasteiger partial charge on any atom is 0.407 e. The Hall–Kier alpha value is -1.24. The Balaban J connectivity index is 2.66. The van der Waals surface area contributed by atoms with E-state index in [4.69, 9.17) is 5.11 Å². The first kappa shape index (κ1) is 13.8. The first-order valence-corrected chi connectivity index (χ1v) is 6.20. The molecule has 0 bridgehead atoms. The van der Waals surface area contributed by atoms with Crippen LogP contribution < -0.4 is 0 Å². The van der Waals surface area contributed by atoms with Crippen molar-refractivity contribution in [3.8, 4) is 0 Å². The average Bonchev–Trinajstić information content (AvgIpc) is 2.26. The molecule has 1 aliphatic rings. The van der Waals surface area contributed by atoms with Gasteiger partial charge in [0, 0.05) is 25.8 Å². The molecule has 1 rings (SSSR count). The van der Waals surface area contributed by atoms with Gasteiger partial charge in [0.2, 0.25) is 0 Å². The van der Waals surface area contributed by atoms with E-state index in [9.17, 15) is 19.5 Å². The van der Waals surface area contributed by atoms with E-state index in [0.717, 1.165) is 11.8 Å². The number of nitrogens with zero attached hydrogens (tertiary/aromatic N) is 1. The second kappa shape index (κ2) is 5.39. The molecule has 6 nitrogen and oxygen atoms in total. The van der Waals surface area contributed by atoms with Crippen LogP contribution in [0, 0.1) is 5.41 Å². The van der Waals surface area contributed by atoms with Gasteiger partial charge in [-0.05, 0) is 12.8 Å². The molecule has 0 aromatic heterocycles. The van der Waals surface area contributed by atoms with E-state index in [1.54, 1.807) is 0 Å². The van der Waals surface area contributed by atoms with Crippen molar-refractivity contribution < 1.29 is 24.6 Å². The Labute approximate surface area is 103 Å². The van der Waals surface area contributed by atoms with Crippen molar-refractivity contribution in [1.82, 2.24) is 4.90 Å². The topological polar surface area (TPSA) is 94.9 Å². The summed E-state index contributed by atoms with van der Waals surface area (Å²) >= 11 is 0.989. The molecule has 0 aromatic carbocycles. The van der Waals surface area contributed by atoms with E-state index < -0.39 is 17.5 Å². The van der Waals surface area contributed by atoms with Crippen LogP contribution in [0.5, 0.6) is 0 Å². The second-order valence-electron chi connectivity index (χ2n) is 4.14. The summed E-state index contributed by atoms with van der Waals surface area (Å²) in [6, 6.07) is 0. The fourth-order valence-corrected chi connectivity index (χ4v) is 2.68. The molecular formula is C10H15NO5S. The third-order valence-electron chi connectivity index (χ3n) is 3.00. The van der Waals surface area contributed by atoms with Crippen LogP contribution in [-0.2, 0) is 9.59 Å². The van der Waals surface area contributed by atoms with Gasteiger partial charge in [-0.25, -0.2) is 4.79 Å². The van der Waals surface area contributed by atoms with Gasteiger partial charge < -0.3 is 15.1 Å². The molecule has 0 aliphatic carbocycles. The van der Waals surface area contributed by atoms with E-state index in [0.29, 0.717) is 0 Å². The highest BCUT2D eigenvalue weighted by Crippen LogP contribution is 2.35. The number of thioether (sulfide) groups is 1. The zero-order chi connectivity index (χ0) is 13.1. The van der Waals surface area contributed by atoms with Crippen molar-refractivity contribution in [2.24, 2.45) is 5.41 Å². The van der Waals surface area contributed by atoms with Crippen LogP contribution in [-0.4, -0.2) is 51.1 Å². The number of amides is 1. The molecule has 1 amide bonds. The number of carboxylic acids is 1. The maximum atomic E-state index is 11.3. The van der Waals surface area contributed by atoms with Crippen molar-refractivity contribution >= 4 is 28.9 Å². The van der Waals surface area contributed by atoms with Crippen molar-refractivity contribution in [2.75, 3.05) is 18.8 Å². The minimum Gasteiger partial charge on any atom is -0.481 e. The van der Waals surface area contributed by atoms with Gasteiger partial charge in [0.25, 0.3) is 0 Å². The minimum absolute atomic E-state index is 0.119. The highest BCUT2D eigenvalue weighted by molar-refractivity contribution is 8.13. The number of aliphatic carboxylic acids is 1. The Morgan fingerprint density at radius 2 is 1.76 bits per heavy atom. The van der Waals surface area contributed by atoms with Crippen molar-refractivity contribution in [3.05, 3.63) is 0 Å². The highest BCUT2D eigenvalue weighted by Gasteiger charge is 2.42. The zero-order valence-corrected chi connectivity index (χ0v) is 10.3. The van der Waals surface area contributed by atoms with Crippen molar-refractivity contribution in [1.29, 1.82) is 0 Å². The van der Waals surface area contributed by atoms with E-state index in [1.807, 2.05) is 0 Å². The van der Waals surface area contributed by atoms with Crippen LogP contribution >= 0.6 is 11.8 Å². The van der Waals surface area contributed by atoms with Crippen LogP contribution in [0.15, 0.2) is 0 Å². The lowest BCUT2D eigenvalue weighted by Crippen LogP contribution is -2.47. The summed E-state index contributed by atoms with van der Waals surface area (Å²) in [6.07, 6.45) is -0.507. The van der Waals surface area contributed by atoms with Gasteiger partial charge >= 0.3 is 12.1 Å².